The molecule has 1 atom stereocenters. The number of carbonyl (C=O) groups excluding carboxylic acids is 2. The van der Waals surface area contributed by atoms with Gasteiger partial charge in [-0.25, -0.2) is 13.8 Å². The highest BCUT2D eigenvalue weighted by atomic mass is 19.2. The highest BCUT2D eigenvalue weighted by molar-refractivity contribution is 5.98. The van der Waals surface area contributed by atoms with Crippen LogP contribution in [0, 0.1) is 11.6 Å². The van der Waals surface area contributed by atoms with Crippen molar-refractivity contribution in [2.24, 2.45) is 0 Å². The molecule has 0 radical (unpaired) electrons. The van der Waals surface area contributed by atoms with Crippen LogP contribution in [0.3, 0.4) is 0 Å². The Hall–Kier alpha value is -3.55. The second-order valence-corrected chi connectivity index (χ2v) is 5.95. The summed E-state index contributed by atoms with van der Waals surface area (Å²) in [6, 6.07) is 10.2. The number of pyridine rings is 1. The van der Waals surface area contributed by atoms with E-state index in [1.807, 2.05) is 0 Å². The fraction of sp³-hybridized carbons (Fsp3) is 0.150. The predicted molar refractivity (Wildman–Crippen MR) is 98.9 cm³/mol. The van der Waals surface area contributed by atoms with Gasteiger partial charge in [0.1, 0.15) is 17.5 Å². The van der Waals surface area contributed by atoms with Gasteiger partial charge in [-0.2, -0.15) is 0 Å². The van der Waals surface area contributed by atoms with Gasteiger partial charge in [-0.3, -0.25) is 9.59 Å². The van der Waals surface area contributed by atoms with E-state index in [-0.39, 0.29) is 11.3 Å². The van der Waals surface area contributed by atoms with Crippen LogP contribution < -0.4 is 15.4 Å². The van der Waals surface area contributed by atoms with Gasteiger partial charge in [-0.05, 0) is 42.0 Å². The number of nitrogens with one attached hydrogen (secondary N) is 2. The molecule has 0 aliphatic carbocycles. The smallest absolute Gasteiger partial charge is 0.270 e. The molecular formula is C20H17F2N3O3. The van der Waals surface area contributed by atoms with Crippen molar-refractivity contribution in [2.75, 3.05) is 14.2 Å². The van der Waals surface area contributed by atoms with Crippen molar-refractivity contribution in [3.63, 3.8) is 0 Å². The standard InChI is InChI=1S/C20H17F2N3O3/c1-23-20(27)18(12-3-6-14(21)15(22)10-12)25-19(26)17-7-4-11-9-13(28-2)5-8-16(11)24-17/h3-10,18H,1-2H3,(H,23,27)(H,25,26). The molecule has 0 fully saturated rings. The maximum atomic E-state index is 13.6. The van der Waals surface area contributed by atoms with E-state index >= 15 is 0 Å². The van der Waals surface area contributed by atoms with Crippen molar-refractivity contribution >= 4 is 22.7 Å². The number of hydrogen-bond donors (Lipinski definition) is 2. The largest absolute Gasteiger partial charge is 0.497 e. The summed E-state index contributed by atoms with van der Waals surface area (Å²) in [5.41, 5.74) is 0.754. The molecule has 0 bridgehead atoms. The van der Waals surface area contributed by atoms with Crippen molar-refractivity contribution in [1.29, 1.82) is 0 Å². The third kappa shape index (κ3) is 3.90. The molecule has 0 aliphatic rings. The fourth-order valence-corrected chi connectivity index (χ4v) is 2.70. The lowest BCUT2D eigenvalue weighted by Crippen LogP contribution is -2.39. The van der Waals surface area contributed by atoms with Crippen molar-refractivity contribution in [3.05, 3.63) is 71.4 Å². The van der Waals surface area contributed by atoms with E-state index in [1.54, 1.807) is 31.4 Å². The molecule has 0 saturated carbocycles. The number of aromatic nitrogens is 1. The van der Waals surface area contributed by atoms with Crippen LogP contribution in [-0.2, 0) is 4.79 Å². The maximum absolute atomic E-state index is 13.6. The van der Waals surface area contributed by atoms with Gasteiger partial charge in [0.15, 0.2) is 11.6 Å². The van der Waals surface area contributed by atoms with Gasteiger partial charge >= 0.3 is 0 Å². The Kier molecular flexibility index (Phi) is 5.49. The zero-order valence-electron chi connectivity index (χ0n) is 15.1. The molecule has 3 rings (SSSR count). The number of methoxy groups -OCH3 is 1. The van der Waals surface area contributed by atoms with Crippen LogP contribution in [0.25, 0.3) is 10.9 Å². The average Bonchev–Trinajstić information content (AvgIpc) is 2.72. The van der Waals surface area contributed by atoms with Crippen LogP contribution in [0.5, 0.6) is 5.75 Å². The van der Waals surface area contributed by atoms with Crippen LogP contribution in [0.4, 0.5) is 8.78 Å². The Morgan fingerprint density at radius 3 is 2.50 bits per heavy atom. The number of hydrogen-bond acceptors (Lipinski definition) is 4. The van der Waals surface area contributed by atoms with Gasteiger partial charge in [0.05, 0.1) is 12.6 Å². The number of likely N-dealkylation sites (N-methyl/N-ethyl adjacent to an activating group) is 1. The Bertz CT molecular complexity index is 1060. The van der Waals surface area contributed by atoms with E-state index in [9.17, 15) is 18.4 Å². The van der Waals surface area contributed by atoms with Crippen LogP contribution in [0.2, 0.25) is 0 Å². The molecule has 2 N–H and O–H groups in total. The van der Waals surface area contributed by atoms with Gasteiger partial charge < -0.3 is 15.4 Å². The summed E-state index contributed by atoms with van der Waals surface area (Å²) in [6.45, 7) is 0. The highest BCUT2D eigenvalue weighted by Crippen LogP contribution is 2.21. The number of nitrogens with zero attached hydrogens (tertiary/aromatic N) is 1. The summed E-state index contributed by atoms with van der Waals surface area (Å²) in [7, 11) is 2.93. The second kappa shape index (κ2) is 7.99. The number of halogens is 2. The first-order chi connectivity index (χ1) is 13.4. The molecule has 8 heteroatoms. The first-order valence-electron chi connectivity index (χ1n) is 8.35. The topological polar surface area (TPSA) is 80.3 Å². The zero-order chi connectivity index (χ0) is 20.3. The van der Waals surface area contributed by atoms with Crippen molar-refractivity contribution in [2.45, 2.75) is 6.04 Å². The van der Waals surface area contributed by atoms with E-state index < -0.39 is 29.5 Å². The minimum Gasteiger partial charge on any atom is -0.497 e. The summed E-state index contributed by atoms with van der Waals surface area (Å²) in [4.78, 5) is 29.1. The molecule has 6 nitrogen and oxygen atoms in total. The Balaban J connectivity index is 1.90. The summed E-state index contributed by atoms with van der Waals surface area (Å²) in [5, 5.41) is 5.68. The number of fused-ring (bicyclic) bond motifs is 1. The molecule has 1 unspecified atom stereocenters. The lowest BCUT2D eigenvalue weighted by molar-refractivity contribution is -0.122. The molecule has 0 saturated heterocycles. The summed E-state index contributed by atoms with van der Waals surface area (Å²) >= 11 is 0. The lowest BCUT2D eigenvalue weighted by Gasteiger charge is -2.18. The molecule has 2 amide bonds. The number of rotatable bonds is 5. The van der Waals surface area contributed by atoms with Crippen LogP contribution in [0.1, 0.15) is 22.1 Å². The van der Waals surface area contributed by atoms with E-state index in [1.165, 1.54) is 19.2 Å². The molecule has 0 spiro atoms. The number of amides is 2. The normalized spacial score (nSPS) is 11.7. The first kappa shape index (κ1) is 19.2. The average molecular weight is 385 g/mol. The number of ether oxygens (including phenoxy) is 1. The van der Waals surface area contributed by atoms with Crippen molar-refractivity contribution in [1.82, 2.24) is 15.6 Å². The van der Waals surface area contributed by atoms with Gasteiger partial charge in [-0.1, -0.05) is 12.1 Å². The Morgan fingerprint density at radius 1 is 1.04 bits per heavy atom. The lowest BCUT2D eigenvalue weighted by atomic mass is 10.1. The van der Waals surface area contributed by atoms with E-state index in [0.29, 0.717) is 11.3 Å². The quantitative estimate of drug-likeness (QED) is 0.708. The molecule has 2 aromatic carbocycles. The van der Waals surface area contributed by atoms with Gasteiger partial charge in [0.2, 0.25) is 5.91 Å². The number of benzene rings is 2. The molecular weight excluding hydrogens is 368 g/mol. The molecule has 0 aliphatic heterocycles. The zero-order valence-corrected chi connectivity index (χ0v) is 15.1. The van der Waals surface area contributed by atoms with E-state index in [2.05, 4.69) is 15.6 Å². The third-order valence-corrected chi connectivity index (χ3v) is 4.19. The Morgan fingerprint density at radius 2 is 1.82 bits per heavy atom. The Labute approximate surface area is 159 Å². The highest BCUT2D eigenvalue weighted by Gasteiger charge is 2.24. The van der Waals surface area contributed by atoms with Crippen LogP contribution >= 0.6 is 0 Å². The van der Waals surface area contributed by atoms with Crippen molar-refractivity contribution in [3.8, 4) is 5.75 Å². The number of carbonyl (C=O) groups is 2. The minimum absolute atomic E-state index is 0.0779. The van der Waals surface area contributed by atoms with Gasteiger partial charge in [-0.15, -0.1) is 0 Å². The maximum Gasteiger partial charge on any atom is 0.270 e. The molecule has 1 aromatic heterocycles. The first-order valence-corrected chi connectivity index (χ1v) is 8.35. The third-order valence-electron chi connectivity index (χ3n) is 4.19. The van der Waals surface area contributed by atoms with Crippen molar-refractivity contribution < 1.29 is 23.1 Å². The summed E-state index contributed by atoms with van der Waals surface area (Å²) in [5.74, 6) is -2.71. The SMILES string of the molecule is CNC(=O)C(NC(=O)c1ccc2cc(OC)ccc2n1)c1ccc(F)c(F)c1. The minimum atomic E-state index is -1.21. The van der Waals surface area contributed by atoms with E-state index in [4.69, 9.17) is 4.74 Å². The van der Waals surface area contributed by atoms with Crippen LogP contribution in [-0.4, -0.2) is 31.0 Å². The van der Waals surface area contributed by atoms with Crippen LogP contribution in [0.15, 0.2) is 48.5 Å². The van der Waals surface area contributed by atoms with E-state index in [0.717, 1.165) is 17.5 Å². The van der Waals surface area contributed by atoms with Gasteiger partial charge in [0, 0.05) is 12.4 Å². The molecule has 144 valence electrons. The molecule has 3 aromatic rings. The summed E-state index contributed by atoms with van der Waals surface area (Å²) < 4.78 is 31.9. The van der Waals surface area contributed by atoms with Gasteiger partial charge in [0.25, 0.3) is 5.91 Å². The molecule has 28 heavy (non-hydrogen) atoms. The second-order valence-electron chi connectivity index (χ2n) is 5.95. The monoisotopic (exact) mass is 385 g/mol. The summed E-state index contributed by atoms with van der Waals surface area (Å²) in [6.07, 6.45) is 0. The fourth-order valence-electron chi connectivity index (χ4n) is 2.70. The predicted octanol–water partition coefficient (Wildman–Crippen LogP) is 2.74. The molecule has 1 heterocycles.